The lowest BCUT2D eigenvalue weighted by Gasteiger charge is -2.36. The van der Waals surface area contributed by atoms with E-state index in [0.29, 0.717) is 5.41 Å². The van der Waals surface area contributed by atoms with Crippen LogP contribution in [0.3, 0.4) is 0 Å². The zero-order valence-corrected chi connectivity index (χ0v) is 11.6. The molecule has 0 aliphatic carbocycles. The highest BCUT2D eigenvalue weighted by atomic mass is 16.3. The van der Waals surface area contributed by atoms with E-state index in [2.05, 4.69) is 23.7 Å². The molecular formula is C15H21N3O. The van der Waals surface area contributed by atoms with Crippen LogP contribution in [0.5, 0.6) is 0 Å². The smallest absolute Gasteiger partial charge is 0.209 e. The Bertz CT molecular complexity index is 578. The molecule has 1 fully saturated rings. The lowest BCUT2D eigenvalue weighted by Crippen LogP contribution is -2.36. The first-order valence-electron chi connectivity index (χ1n) is 6.89. The van der Waals surface area contributed by atoms with Crippen molar-refractivity contribution in [2.45, 2.75) is 33.2 Å². The Balaban J connectivity index is 1.72. The molecular weight excluding hydrogens is 238 g/mol. The Hall–Kier alpha value is -1.55. The Morgan fingerprint density at radius 3 is 2.79 bits per heavy atom. The Labute approximate surface area is 113 Å². The maximum absolute atomic E-state index is 5.77. The lowest BCUT2D eigenvalue weighted by atomic mass is 9.83. The van der Waals surface area contributed by atoms with Crippen LogP contribution in [-0.2, 0) is 6.54 Å². The first-order valence-corrected chi connectivity index (χ1v) is 6.89. The standard InChI is InChI=1S/C15H21N3O/c1-15(2)5-7-18(8-6-15)10-14-17-12-4-3-11(16)9-13(12)19-14/h3-4,9H,5-8,10,16H2,1-2H3. The number of nitrogens with zero attached hydrogens (tertiary/aromatic N) is 2. The Morgan fingerprint density at radius 2 is 2.05 bits per heavy atom. The van der Waals surface area contributed by atoms with Gasteiger partial charge in [-0.3, -0.25) is 4.90 Å². The van der Waals surface area contributed by atoms with E-state index in [-0.39, 0.29) is 0 Å². The molecule has 0 unspecified atom stereocenters. The van der Waals surface area contributed by atoms with Crippen molar-refractivity contribution in [2.75, 3.05) is 18.8 Å². The summed E-state index contributed by atoms with van der Waals surface area (Å²) in [6.45, 7) is 7.71. The number of rotatable bonds is 2. The molecule has 19 heavy (non-hydrogen) atoms. The van der Waals surface area contributed by atoms with E-state index in [1.807, 2.05) is 18.2 Å². The van der Waals surface area contributed by atoms with Gasteiger partial charge in [-0.05, 0) is 43.5 Å². The minimum atomic E-state index is 0.478. The number of nitrogen functional groups attached to an aromatic ring is 1. The SMILES string of the molecule is CC1(C)CCN(Cc2nc3ccc(N)cc3o2)CC1. The molecule has 1 aliphatic heterocycles. The maximum Gasteiger partial charge on any atom is 0.209 e. The predicted octanol–water partition coefficient (Wildman–Crippen LogP) is 3.03. The molecule has 0 radical (unpaired) electrons. The number of piperidine rings is 1. The van der Waals surface area contributed by atoms with Crippen molar-refractivity contribution >= 4 is 16.8 Å². The summed E-state index contributed by atoms with van der Waals surface area (Å²) in [6.07, 6.45) is 2.47. The quantitative estimate of drug-likeness (QED) is 0.842. The molecule has 4 nitrogen and oxygen atoms in total. The van der Waals surface area contributed by atoms with Gasteiger partial charge in [-0.2, -0.15) is 0 Å². The summed E-state index contributed by atoms with van der Waals surface area (Å²) in [5.74, 6) is 0.792. The molecule has 2 heterocycles. The van der Waals surface area contributed by atoms with Gasteiger partial charge in [-0.15, -0.1) is 0 Å². The van der Waals surface area contributed by atoms with Gasteiger partial charge in [-0.1, -0.05) is 13.8 Å². The van der Waals surface area contributed by atoms with Gasteiger partial charge in [-0.25, -0.2) is 4.98 Å². The number of nitrogens with two attached hydrogens (primary N) is 1. The van der Waals surface area contributed by atoms with E-state index in [1.54, 1.807) is 0 Å². The average molecular weight is 259 g/mol. The summed E-state index contributed by atoms with van der Waals surface area (Å²) in [6, 6.07) is 5.61. The predicted molar refractivity (Wildman–Crippen MR) is 76.7 cm³/mol. The number of oxazole rings is 1. The van der Waals surface area contributed by atoms with Crippen LogP contribution < -0.4 is 5.73 Å². The second-order valence-corrected chi connectivity index (χ2v) is 6.28. The van der Waals surface area contributed by atoms with Crippen LogP contribution >= 0.6 is 0 Å². The highest BCUT2D eigenvalue weighted by molar-refractivity contribution is 5.76. The molecule has 2 aromatic rings. The molecule has 4 heteroatoms. The minimum absolute atomic E-state index is 0.478. The van der Waals surface area contributed by atoms with E-state index >= 15 is 0 Å². The van der Waals surface area contributed by atoms with Crippen molar-refractivity contribution in [3.8, 4) is 0 Å². The normalized spacial score (nSPS) is 19.9. The third-order valence-electron chi connectivity index (χ3n) is 4.03. The summed E-state index contributed by atoms with van der Waals surface area (Å²) < 4.78 is 5.77. The van der Waals surface area contributed by atoms with E-state index < -0.39 is 0 Å². The fraction of sp³-hybridized carbons (Fsp3) is 0.533. The van der Waals surface area contributed by atoms with E-state index in [1.165, 1.54) is 12.8 Å². The van der Waals surface area contributed by atoms with Crippen LogP contribution in [0.1, 0.15) is 32.6 Å². The largest absolute Gasteiger partial charge is 0.439 e. The monoisotopic (exact) mass is 259 g/mol. The number of anilines is 1. The topological polar surface area (TPSA) is 55.3 Å². The van der Waals surface area contributed by atoms with E-state index in [4.69, 9.17) is 10.2 Å². The van der Waals surface area contributed by atoms with Crippen LogP contribution in [0.4, 0.5) is 5.69 Å². The van der Waals surface area contributed by atoms with Crippen molar-refractivity contribution < 1.29 is 4.42 Å². The second-order valence-electron chi connectivity index (χ2n) is 6.28. The van der Waals surface area contributed by atoms with Gasteiger partial charge in [0.2, 0.25) is 5.89 Å². The number of benzene rings is 1. The number of hydrogen-bond acceptors (Lipinski definition) is 4. The zero-order valence-electron chi connectivity index (χ0n) is 11.6. The molecule has 102 valence electrons. The molecule has 1 aliphatic rings. The molecule has 0 spiro atoms. The van der Waals surface area contributed by atoms with Crippen molar-refractivity contribution in [1.29, 1.82) is 0 Å². The van der Waals surface area contributed by atoms with E-state index in [0.717, 1.165) is 42.3 Å². The van der Waals surface area contributed by atoms with Crippen LogP contribution in [0.25, 0.3) is 11.1 Å². The maximum atomic E-state index is 5.77. The minimum Gasteiger partial charge on any atom is -0.439 e. The third-order valence-corrected chi connectivity index (χ3v) is 4.03. The summed E-state index contributed by atoms with van der Waals surface area (Å²) in [5.41, 5.74) is 8.62. The van der Waals surface area contributed by atoms with Crippen LogP contribution in [-0.4, -0.2) is 23.0 Å². The molecule has 1 aromatic heterocycles. The number of fused-ring (bicyclic) bond motifs is 1. The first kappa shape index (κ1) is 12.5. The van der Waals surface area contributed by atoms with Gasteiger partial charge in [0.25, 0.3) is 0 Å². The van der Waals surface area contributed by atoms with Crippen molar-refractivity contribution in [2.24, 2.45) is 5.41 Å². The Morgan fingerprint density at radius 1 is 1.32 bits per heavy atom. The lowest BCUT2D eigenvalue weighted by molar-refractivity contribution is 0.119. The summed E-state index contributed by atoms with van der Waals surface area (Å²) in [7, 11) is 0. The summed E-state index contributed by atoms with van der Waals surface area (Å²) in [4.78, 5) is 6.94. The van der Waals surface area contributed by atoms with Gasteiger partial charge in [0.05, 0.1) is 6.54 Å². The highest BCUT2D eigenvalue weighted by Gasteiger charge is 2.26. The number of likely N-dealkylation sites (tertiary alicyclic amines) is 1. The van der Waals surface area contributed by atoms with Crippen molar-refractivity contribution in [3.63, 3.8) is 0 Å². The van der Waals surface area contributed by atoms with Crippen LogP contribution in [0, 0.1) is 5.41 Å². The highest BCUT2D eigenvalue weighted by Crippen LogP contribution is 2.30. The Kier molecular flexibility index (Phi) is 2.97. The third kappa shape index (κ3) is 2.73. The summed E-state index contributed by atoms with van der Waals surface area (Å²) in [5, 5.41) is 0. The van der Waals surface area contributed by atoms with Crippen molar-refractivity contribution in [1.82, 2.24) is 9.88 Å². The van der Waals surface area contributed by atoms with Gasteiger partial charge < -0.3 is 10.2 Å². The molecule has 0 amide bonds. The van der Waals surface area contributed by atoms with E-state index in [9.17, 15) is 0 Å². The number of hydrogen-bond donors (Lipinski definition) is 1. The molecule has 3 rings (SSSR count). The zero-order chi connectivity index (χ0) is 13.5. The van der Waals surface area contributed by atoms with Gasteiger partial charge in [0, 0.05) is 11.8 Å². The van der Waals surface area contributed by atoms with Gasteiger partial charge in [0.1, 0.15) is 5.52 Å². The number of aromatic nitrogens is 1. The molecule has 0 saturated carbocycles. The molecule has 2 N–H and O–H groups in total. The summed E-state index contributed by atoms with van der Waals surface area (Å²) >= 11 is 0. The van der Waals surface area contributed by atoms with Gasteiger partial charge in [0.15, 0.2) is 5.58 Å². The van der Waals surface area contributed by atoms with Crippen LogP contribution in [0.15, 0.2) is 22.6 Å². The molecule has 1 aromatic carbocycles. The van der Waals surface area contributed by atoms with Crippen LogP contribution in [0.2, 0.25) is 0 Å². The fourth-order valence-corrected chi connectivity index (χ4v) is 2.56. The first-order chi connectivity index (χ1) is 9.02. The molecule has 0 bridgehead atoms. The second kappa shape index (κ2) is 4.53. The molecule has 0 atom stereocenters. The van der Waals surface area contributed by atoms with Crippen molar-refractivity contribution in [3.05, 3.63) is 24.1 Å². The molecule has 1 saturated heterocycles. The fourth-order valence-electron chi connectivity index (χ4n) is 2.56. The van der Waals surface area contributed by atoms with Gasteiger partial charge >= 0.3 is 0 Å². The average Bonchev–Trinajstić information content (AvgIpc) is 2.73.